The molecule has 0 fully saturated rings. The van der Waals surface area contributed by atoms with Gasteiger partial charge < -0.3 is 15.2 Å². The Kier molecular flexibility index (Phi) is 5.12. The van der Waals surface area contributed by atoms with E-state index in [0.717, 1.165) is 17.5 Å². The Hall–Kier alpha value is -2.24. The third-order valence-corrected chi connectivity index (χ3v) is 4.87. The molecular weight excluding hydrogens is 333 g/mol. The van der Waals surface area contributed by atoms with Crippen molar-refractivity contribution in [3.8, 4) is 5.75 Å². The smallest absolute Gasteiger partial charge is 0.176 e. The highest BCUT2D eigenvalue weighted by Gasteiger charge is 2.42. The van der Waals surface area contributed by atoms with Crippen LogP contribution in [0.15, 0.2) is 42.5 Å². The number of ketones is 1. The number of carbonyl (C=O) groups is 1. The van der Waals surface area contributed by atoms with Gasteiger partial charge >= 0.3 is 0 Å². The van der Waals surface area contributed by atoms with Gasteiger partial charge in [0, 0.05) is 11.1 Å². The Morgan fingerprint density at radius 3 is 2.58 bits per heavy atom. The van der Waals surface area contributed by atoms with Crippen molar-refractivity contribution >= 4 is 5.78 Å². The summed E-state index contributed by atoms with van der Waals surface area (Å²) in [5.74, 6) is 0.177. The van der Waals surface area contributed by atoms with Gasteiger partial charge in [-0.15, -0.1) is 0 Å². The molecule has 0 radical (unpaired) electrons. The van der Waals surface area contributed by atoms with Crippen LogP contribution in [0.3, 0.4) is 0 Å². The molecule has 1 aliphatic heterocycles. The lowest BCUT2D eigenvalue weighted by Crippen LogP contribution is -2.53. The van der Waals surface area contributed by atoms with Gasteiger partial charge in [-0.3, -0.25) is 4.79 Å². The van der Waals surface area contributed by atoms with Crippen LogP contribution in [0.1, 0.15) is 48.3 Å². The van der Waals surface area contributed by atoms with Crippen molar-refractivity contribution in [2.45, 2.75) is 44.9 Å². The Morgan fingerprint density at radius 2 is 1.92 bits per heavy atom. The van der Waals surface area contributed by atoms with Crippen LogP contribution in [0.5, 0.6) is 5.75 Å². The van der Waals surface area contributed by atoms with Crippen molar-refractivity contribution in [3.05, 3.63) is 65.0 Å². The molecule has 2 aromatic carbocycles. The number of carbonyl (C=O) groups excluding carboxylic acids is 1. The van der Waals surface area contributed by atoms with Gasteiger partial charge in [0.1, 0.15) is 23.3 Å². The van der Waals surface area contributed by atoms with Crippen LogP contribution < -0.4 is 10.1 Å². The first-order valence-electron chi connectivity index (χ1n) is 8.84. The molecule has 0 saturated carbocycles. The van der Waals surface area contributed by atoms with Gasteiger partial charge in [-0.25, -0.2) is 4.39 Å². The molecule has 2 atom stereocenters. The number of benzene rings is 2. The van der Waals surface area contributed by atoms with E-state index in [1.54, 1.807) is 0 Å². The van der Waals surface area contributed by atoms with Crippen LogP contribution >= 0.6 is 0 Å². The number of hydrogen-bond acceptors (Lipinski definition) is 4. The van der Waals surface area contributed by atoms with Gasteiger partial charge in [-0.05, 0) is 56.2 Å². The molecule has 0 bridgehead atoms. The zero-order valence-corrected chi connectivity index (χ0v) is 15.3. The number of rotatable bonds is 5. The van der Waals surface area contributed by atoms with Crippen molar-refractivity contribution in [3.63, 3.8) is 0 Å². The summed E-state index contributed by atoms with van der Waals surface area (Å²) in [6, 6.07) is 11.0. The first-order chi connectivity index (χ1) is 12.3. The summed E-state index contributed by atoms with van der Waals surface area (Å²) >= 11 is 0. The Morgan fingerprint density at radius 1 is 1.23 bits per heavy atom. The number of aliphatic hydroxyl groups is 1. The number of Topliss-reactive ketones (excluding diaryl/α,β-unsaturated/α-hetero) is 1. The minimum absolute atomic E-state index is 0.0409. The molecule has 138 valence electrons. The summed E-state index contributed by atoms with van der Waals surface area (Å²) in [6.07, 6.45) is 0.0525. The van der Waals surface area contributed by atoms with Crippen molar-refractivity contribution in [2.75, 3.05) is 6.54 Å². The average Bonchev–Trinajstić information content (AvgIpc) is 2.62. The minimum atomic E-state index is -0.817. The summed E-state index contributed by atoms with van der Waals surface area (Å²) < 4.78 is 19.0. The molecular formula is C21H24FNO3. The van der Waals surface area contributed by atoms with Gasteiger partial charge in [-0.2, -0.15) is 0 Å². The van der Waals surface area contributed by atoms with E-state index in [-0.39, 0.29) is 18.1 Å². The van der Waals surface area contributed by atoms with Crippen LogP contribution in [0.25, 0.3) is 0 Å². The predicted octanol–water partition coefficient (Wildman–Crippen LogP) is 3.43. The van der Waals surface area contributed by atoms with Gasteiger partial charge in [0.05, 0.1) is 12.6 Å². The number of fused-ring (bicyclic) bond motifs is 1. The van der Waals surface area contributed by atoms with Gasteiger partial charge in [-0.1, -0.05) is 19.1 Å². The lowest BCUT2D eigenvalue weighted by atomic mass is 9.85. The number of aryl methyl sites for hydroxylation is 1. The molecule has 2 N–H and O–H groups in total. The predicted molar refractivity (Wildman–Crippen MR) is 98.0 cm³/mol. The van der Waals surface area contributed by atoms with Crippen molar-refractivity contribution < 1.29 is 19.0 Å². The van der Waals surface area contributed by atoms with Gasteiger partial charge in [0.2, 0.25) is 0 Å². The molecule has 5 heteroatoms. The highest BCUT2D eigenvalue weighted by atomic mass is 19.1. The second-order valence-corrected chi connectivity index (χ2v) is 7.16. The van der Waals surface area contributed by atoms with Crippen LogP contribution in [-0.2, 0) is 6.42 Å². The molecule has 0 amide bonds. The largest absolute Gasteiger partial charge is 0.485 e. The topological polar surface area (TPSA) is 58.6 Å². The summed E-state index contributed by atoms with van der Waals surface area (Å²) in [6.45, 7) is 5.75. The summed E-state index contributed by atoms with van der Waals surface area (Å²) in [4.78, 5) is 12.4. The van der Waals surface area contributed by atoms with Crippen LogP contribution in [0.4, 0.5) is 4.39 Å². The van der Waals surface area contributed by atoms with E-state index in [4.69, 9.17) is 4.74 Å². The van der Waals surface area contributed by atoms with E-state index in [0.29, 0.717) is 11.3 Å². The quantitative estimate of drug-likeness (QED) is 0.805. The Balaban J connectivity index is 1.83. The fourth-order valence-electron chi connectivity index (χ4n) is 3.23. The molecule has 4 nitrogen and oxygen atoms in total. The first-order valence-corrected chi connectivity index (χ1v) is 8.84. The maximum Gasteiger partial charge on any atom is 0.176 e. The zero-order valence-electron chi connectivity index (χ0n) is 15.3. The van der Waals surface area contributed by atoms with E-state index in [1.807, 2.05) is 32.0 Å². The number of nitrogens with one attached hydrogen (secondary N) is 1. The lowest BCUT2D eigenvalue weighted by molar-refractivity contribution is -0.0640. The second-order valence-electron chi connectivity index (χ2n) is 7.16. The van der Waals surface area contributed by atoms with Gasteiger partial charge in [0.25, 0.3) is 0 Å². The fraction of sp³-hybridized carbons (Fsp3) is 0.381. The molecule has 2 aromatic rings. The Bertz CT molecular complexity index is 801. The first kappa shape index (κ1) is 18.5. The number of hydrogen-bond donors (Lipinski definition) is 2. The molecule has 26 heavy (non-hydrogen) atoms. The monoisotopic (exact) mass is 357 g/mol. The number of aliphatic hydroxyl groups excluding tert-OH is 1. The highest BCUT2D eigenvalue weighted by molar-refractivity contribution is 5.97. The van der Waals surface area contributed by atoms with E-state index in [1.165, 1.54) is 24.3 Å². The van der Waals surface area contributed by atoms with Gasteiger partial charge in [0.15, 0.2) is 5.78 Å². The molecule has 3 rings (SSSR count). The van der Waals surface area contributed by atoms with Crippen LogP contribution in [0, 0.1) is 5.82 Å². The lowest BCUT2D eigenvalue weighted by Gasteiger charge is -2.42. The summed E-state index contributed by atoms with van der Waals surface area (Å²) in [5.41, 5.74) is 1.64. The number of ether oxygens (including phenoxy) is 1. The summed E-state index contributed by atoms with van der Waals surface area (Å²) in [7, 11) is 0. The molecule has 0 saturated heterocycles. The van der Waals surface area contributed by atoms with Crippen molar-refractivity contribution in [1.29, 1.82) is 0 Å². The molecule has 1 aliphatic rings. The van der Waals surface area contributed by atoms with E-state index < -0.39 is 17.7 Å². The minimum Gasteiger partial charge on any atom is -0.485 e. The molecule has 0 unspecified atom stereocenters. The van der Waals surface area contributed by atoms with Crippen molar-refractivity contribution in [2.24, 2.45) is 0 Å². The van der Waals surface area contributed by atoms with E-state index in [9.17, 15) is 14.3 Å². The second kappa shape index (κ2) is 7.17. The third kappa shape index (κ3) is 3.64. The van der Waals surface area contributed by atoms with Crippen molar-refractivity contribution in [1.82, 2.24) is 5.32 Å². The molecule has 0 aromatic heterocycles. The Labute approximate surface area is 153 Å². The molecule has 0 spiro atoms. The standard InChI is InChI=1S/C21H24FNO3/c1-4-13-5-10-18-16(11-13)19(20(25)21(2,3)26-18)23-12-17(24)14-6-8-15(22)9-7-14/h5-11,19-20,23,25H,4,12H2,1-3H3/t19-,20+/m1/s1. The third-order valence-electron chi connectivity index (χ3n) is 4.87. The van der Waals surface area contributed by atoms with Crippen LogP contribution in [0.2, 0.25) is 0 Å². The van der Waals surface area contributed by atoms with E-state index in [2.05, 4.69) is 12.2 Å². The maximum atomic E-state index is 13.0. The normalized spacial score (nSPS) is 21.0. The molecule has 0 aliphatic carbocycles. The molecule has 1 heterocycles. The summed E-state index contributed by atoms with van der Waals surface area (Å²) in [5, 5.41) is 14.0. The fourth-order valence-corrected chi connectivity index (χ4v) is 3.23. The highest BCUT2D eigenvalue weighted by Crippen LogP contribution is 2.40. The van der Waals surface area contributed by atoms with Crippen LogP contribution in [-0.4, -0.2) is 29.1 Å². The SMILES string of the molecule is CCc1ccc2c(c1)[C@@H](NCC(=O)c1ccc(F)cc1)[C@H](O)C(C)(C)O2. The van der Waals surface area contributed by atoms with E-state index >= 15 is 0 Å². The zero-order chi connectivity index (χ0) is 18.9. The number of halogens is 1. The average molecular weight is 357 g/mol. The maximum absolute atomic E-state index is 13.0.